The molecule has 0 fully saturated rings. The van der Waals surface area contributed by atoms with Crippen LogP contribution in [0.5, 0.6) is 11.5 Å². The second-order valence-corrected chi connectivity index (χ2v) is 13.8. The zero-order valence-electron chi connectivity index (χ0n) is 27.0. The van der Waals surface area contributed by atoms with Crippen molar-refractivity contribution in [2.75, 3.05) is 30.6 Å². The van der Waals surface area contributed by atoms with Crippen LogP contribution < -0.4 is 19.1 Å². The minimum absolute atomic E-state index is 0.0312. The standard InChI is InChI=1S/C37H41N3O6S/c1-27(2)24-38-37(42)33(22-29-13-6-4-7-14-29)39(25-30-15-11-10-12-28(30)3)36(41)26-40(47(43,44)32-16-8-5-9-17-32)31-18-19-34-35(23-31)46-21-20-45-34/h4-19,23,27,33H,20-22,24-26H2,1-3H3,(H,38,42)/t33-/m1/s1. The Kier molecular flexibility index (Phi) is 10.8. The number of benzene rings is 4. The summed E-state index contributed by atoms with van der Waals surface area (Å²) in [7, 11) is -4.23. The van der Waals surface area contributed by atoms with Gasteiger partial charge in [0.25, 0.3) is 10.0 Å². The number of anilines is 1. The van der Waals surface area contributed by atoms with E-state index in [1.54, 1.807) is 36.4 Å². The Bertz CT molecular complexity index is 1780. The summed E-state index contributed by atoms with van der Waals surface area (Å²) in [6.07, 6.45) is 0.248. The maximum atomic E-state index is 14.7. The Morgan fingerprint density at radius 2 is 1.47 bits per heavy atom. The lowest BCUT2D eigenvalue weighted by Gasteiger charge is -2.34. The van der Waals surface area contributed by atoms with Crippen LogP contribution in [0.2, 0.25) is 0 Å². The number of aryl methyl sites for hydroxylation is 1. The van der Waals surface area contributed by atoms with Gasteiger partial charge in [-0.25, -0.2) is 8.42 Å². The number of nitrogens with zero attached hydrogens (tertiary/aromatic N) is 2. The number of sulfonamides is 1. The molecule has 0 saturated carbocycles. The van der Waals surface area contributed by atoms with Gasteiger partial charge in [0.15, 0.2) is 11.5 Å². The quantitative estimate of drug-likeness (QED) is 0.208. The van der Waals surface area contributed by atoms with Gasteiger partial charge in [0.2, 0.25) is 11.8 Å². The summed E-state index contributed by atoms with van der Waals surface area (Å²) >= 11 is 0. The molecule has 1 aliphatic rings. The summed E-state index contributed by atoms with van der Waals surface area (Å²) in [5.41, 5.74) is 2.92. The molecule has 1 N–H and O–H groups in total. The summed E-state index contributed by atoms with van der Waals surface area (Å²) in [4.78, 5) is 30.1. The van der Waals surface area contributed by atoms with Crippen LogP contribution in [0.4, 0.5) is 5.69 Å². The molecule has 246 valence electrons. The second kappa shape index (κ2) is 15.2. The molecule has 47 heavy (non-hydrogen) atoms. The van der Waals surface area contributed by atoms with Crippen LogP contribution in [-0.2, 0) is 32.6 Å². The number of nitrogens with one attached hydrogen (secondary N) is 1. The average molecular weight is 656 g/mol. The van der Waals surface area contributed by atoms with Gasteiger partial charge in [-0.2, -0.15) is 0 Å². The molecule has 9 nitrogen and oxygen atoms in total. The summed E-state index contributed by atoms with van der Waals surface area (Å²) in [6, 6.07) is 29.1. The number of rotatable bonds is 13. The largest absolute Gasteiger partial charge is 0.486 e. The lowest BCUT2D eigenvalue weighted by molar-refractivity contribution is -0.140. The molecule has 4 aromatic rings. The lowest BCUT2D eigenvalue weighted by atomic mass is 10.0. The molecule has 5 rings (SSSR count). The minimum atomic E-state index is -4.23. The van der Waals surface area contributed by atoms with Gasteiger partial charge in [-0.3, -0.25) is 13.9 Å². The molecular weight excluding hydrogens is 614 g/mol. The van der Waals surface area contributed by atoms with Crippen molar-refractivity contribution < 1.29 is 27.5 Å². The van der Waals surface area contributed by atoms with E-state index in [2.05, 4.69) is 5.32 Å². The summed E-state index contributed by atoms with van der Waals surface area (Å²) in [5, 5.41) is 3.02. The van der Waals surface area contributed by atoms with Gasteiger partial charge in [0, 0.05) is 25.6 Å². The Morgan fingerprint density at radius 1 is 0.830 bits per heavy atom. The number of fused-ring (bicyclic) bond motifs is 1. The molecule has 0 aliphatic carbocycles. The predicted octanol–water partition coefficient (Wildman–Crippen LogP) is 5.37. The molecule has 0 saturated heterocycles. The molecule has 0 spiro atoms. The Balaban J connectivity index is 1.58. The van der Waals surface area contributed by atoms with Crippen molar-refractivity contribution in [3.63, 3.8) is 0 Å². The third kappa shape index (κ3) is 8.31. The normalized spacial score (nSPS) is 13.1. The summed E-state index contributed by atoms with van der Waals surface area (Å²) < 4.78 is 41.0. The van der Waals surface area contributed by atoms with Crippen molar-refractivity contribution in [1.29, 1.82) is 0 Å². The molecule has 1 aliphatic heterocycles. The highest BCUT2D eigenvalue weighted by Gasteiger charge is 2.35. The zero-order valence-corrected chi connectivity index (χ0v) is 27.8. The molecular formula is C37H41N3O6S. The molecule has 1 atom stereocenters. The molecule has 10 heteroatoms. The van der Waals surface area contributed by atoms with E-state index in [9.17, 15) is 18.0 Å². The fraction of sp³-hybridized carbons (Fsp3) is 0.297. The number of carbonyl (C=O) groups is 2. The molecule has 2 amide bonds. The van der Waals surface area contributed by atoms with E-state index in [0.717, 1.165) is 21.0 Å². The SMILES string of the molecule is Cc1ccccc1CN(C(=O)CN(c1ccc2c(c1)OCCO2)S(=O)(=O)c1ccccc1)[C@H](Cc1ccccc1)C(=O)NCC(C)C. The first-order valence-corrected chi connectivity index (χ1v) is 17.2. The zero-order chi connectivity index (χ0) is 33.4. The maximum absolute atomic E-state index is 14.7. The van der Waals surface area contributed by atoms with Gasteiger partial charge in [-0.05, 0) is 53.8 Å². The van der Waals surface area contributed by atoms with Crippen molar-refractivity contribution >= 4 is 27.5 Å². The summed E-state index contributed by atoms with van der Waals surface area (Å²) in [6.45, 7) is 6.64. The number of amides is 2. The van der Waals surface area contributed by atoms with Crippen molar-refractivity contribution in [2.24, 2.45) is 5.92 Å². The van der Waals surface area contributed by atoms with E-state index < -0.39 is 28.5 Å². The number of hydrogen-bond acceptors (Lipinski definition) is 6. The Labute approximate surface area is 277 Å². The number of carbonyl (C=O) groups excluding carboxylic acids is 2. The van der Waals surface area contributed by atoms with E-state index in [1.165, 1.54) is 17.0 Å². The van der Waals surface area contributed by atoms with Gasteiger partial charge in [-0.1, -0.05) is 86.6 Å². The minimum Gasteiger partial charge on any atom is -0.486 e. The molecule has 4 aromatic carbocycles. The van der Waals surface area contributed by atoms with Gasteiger partial charge in [-0.15, -0.1) is 0 Å². The van der Waals surface area contributed by atoms with Gasteiger partial charge in [0.1, 0.15) is 25.8 Å². The van der Waals surface area contributed by atoms with Crippen LogP contribution in [-0.4, -0.2) is 57.5 Å². The van der Waals surface area contributed by atoms with Crippen molar-refractivity contribution in [3.05, 3.63) is 120 Å². The van der Waals surface area contributed by atoms with Gasteiger partial charge >= 0.3 is 0 Å². The topological polar surface area (TPSA) is 105 Å². The fourth-order valence-electron chi connectivity index (χ4n) is 5.38. The highest BCUT2D eigenvalue weighted by Crippen LogP contribution is 2.36. The van der Waals surface area contributed by atoms with Crippen LogP contribution in [0.25, 0.3) is 0 Å². The van der Waals surface area contributed by atoms with Crippen LogP contribution in [0, 0.1) is 12.8 Å². The average Bonchev–Trinajstić information content (AvgIpc) is 3.08. The Morgan fingerprint density at radius 3 is 2.15 bits per heavy atom. The molecule has 1 heterocycles. The van der Waals surface area contributed by atoms with E-state index in [-0.39, 0.29) is 35.4 Å². The first kappa shape index (κ1) is 33.5. The molecule has 0 bridgehead atoms. The highest BCUT2D eigenvalue weighted by atomic mass is 32.2. The number of ether oxygens (including phenoxy) is 2. The van der Waals surface area contributed by atoms with Gasteiger partial charge in [0.05, 0.1) is 10.6 Å². The van der Waals surface area contributed by atoms with Gasteiger partial charge < -0.3 is 19.7 Å². The van der Waals surface area contributed by atoms with Crippen LogP contribution in [0.3, 0.4) is 0 Å². The Hall–Kier alpha value is -4.83. The smallest absolute Gasteiger partial charge is 0.264 e. The van der Waals surface area contributed by atoms with Crippen LogP contribution in [0.15, 0.2) is 108 Å². The fourth-order valence-corrected chi connectivity index (χ4v) is 6.81. The highest BCUT2D eigenvalue weighted by molar-refractivity contribution is 7.92. The first-order chi connectivity index (χ1) is 22.6. The number of hydrogen-bond donors (Lipinski definition) is 1. The second-order valence-electron chi connectivity index (χ2n) is 11.9. The molecule has 0 unspecified atom stereocenters. The van der Waals surface area contributed by atoms with E-state index in [4.69, 9.17) is 9.47 Å². The van der Waals surface area contributed by atoms with Crippen molar-refractivity contribution in [3.8, 4) is 11.5 Å². The first-order valence-electron chi connectivity index (χ1n) is 15.8. The third-order valence-electron chi connectivity index (χ3n) is 7.98. The van der Waals surface area contributed by atoms with Crippen molar-refractivity contribution in [2.45, 2.75) is 44.7 Å². The van der Waals surface area contributed by atoms with E-state index >= 15 is 0 Å². The van der Waals surface area contributed by atoms with E-state index in [0.29, 0.717) is 31.3 Å². The van der Waals surface area contributed by atoms with Crippen molar-refractivity contribution in [1.82, 2.24) is 10.2 Å². The molecule has 0 radical (unpaired) electrons. The van der Waals surface area contributed by atoms with E-state index in [1.807, 2.05) is 75.4 Å². The lowest BCUT2D eigenvalue weighted by Crippen LogP contribution is -2.53. The van der Waals surface area contributed by atoms with Crippen LogP contribution in [0.1, 0.15) is 30.5 Å². The predicted molar refractivity (Wildman–Crippen MR) is 182 cm³/mol. The monoisotopic (exact) mass is 655 g/mol. The molecule has 0 aromatic heterocycles. The van der Waals surface area contributed by atoms with Crippen LogP contribution >= 0.6 is 0 Å². The summed E-state index contributed by atoms with van der Waals surface area (Å²) in [5.74, 6) is 0.249. The maximum Gasteiger partial charge on any atom is 0.264 e. The third-order valence-corrected chi connectivity index (χ3v) is 9.77.